The van der Waals surface area contributed by atoms with E-state index in [1.807, 2.05) is 29.2 Å². The van der Waals surface area contributed by atoms with Crippen LogP contribution >= 0.6 is 23.2 Å². The summed E-state index contributed by atoms with van der Waals surface area (Å²) in [4.78, 5) is 19.9. The molecule has 0 bridgehead atoms. The lowest BCUT2D eigenvalue weighted by Crippen LogP contribution is -2.41. The number of fused-ring (bicyclic) bond motifs is 1. The van der Waals surface area contributed by atoms with Crippen molar-refractivity contribution in [3.8, 4) is 0 Å². The number of nitrogens with zero attached hydrogens (tertiary/aromatic N) is 2. The summed E-state index contributed by atoms with van der Waals surface area (Å²) in [6.07, 6.45) is 5.59. The summed E-state index contributed by atoms with van der Waals surface area (Å²) in [5, 5.41) is 2.12. The Balaban J connectivity index is 1.68. The molecule has 0 saturated heterocycles. The minimum Gasteiger partial charge on any atom is -0.331 e. The van der Waals surface area contributed by atoms with Gasteiger partial charge in [0.05, 0.1) is 5.52 Å². The highest BCUT2D eigenvalue weighted by atomic mass is 35.5. The Morgan fingerprint density at radius 2 is 1.71 bits per heavy atom. The summed E-state index contributed by atoms with van der Waals surface area (Å²) >= 11 is 12.5. The Morgan fingerprint density at radius 1 is 1.00 bits per heavy atom. The molecule has 0 N–H and O–H groups in total. The standard InChI is InChI=1S/C23H22Cl2N2O/c24-19-12-10-16(11-13-19)23(28)27(20-7-2-1-3-8-20)15-18-14-17-6-4-5-9-21(17)26-22(18)25/h4-6,9-14,20H,1-3,7-8,15H2. The van der Waals surface area contributed by atoms with Gasteiger partial charge in [-0.1, -0.05) is 60.7 Å². The van der Waals surface area contributed by atoms with E-state index >= 15 is 0 Å². The first-order valence-electron chi connectivity index (χ1n) is 9.72. The predicted molar refractivity (Wildman–Crippen MR) is 115 cm³/mol. The molecule has 1 aliphatic rings. The Hall–Kier alpha value is -2.10. The molecule has 1 amide bonds. The maximum absolute atomic E-state index is 13.4. The van der Waals surface area contributed by atoms with Gasteiger partial charge in [-0.2, -0.15) is 0 Å². The van der Waals surface area contributed by atoms with Crippen LogP contribution in [-0.4, -0.2) is 21.8 Å². The van der Waals surface area contributed by atoms with Crippen molar-refractivity contribution in [2.75, 3.05) is 0 Å². The van der Waals surface area contributed by atoms with E-state index in [4.69, 9.17) is 23.2 Å². The molecule has 1 saturated carbocycles. The first-order valence-corrected chi connectivity index (χ1v) is 10.5. The maximum Gasteiger partial charge on any atom is 0.254 e. The van der Waals surface area contributed by atoms with E-state index in [-0.39, 0.29) is 11.9 Å². The van der Waals surface area contributed by atoms with E-state index in [1.54, 1.807) is 24.3 Å². The highest BCUT2D eigenvalue weighted by molar-refractivity contribution is 6.31. The van der Waals surface area contributed by atoms with Crippen molar-refractivity contribution in [2.24, 2.45) is 0 Å². The minimum absolute atomic E-state index is 0.0211. The largest absolute Gasteiger partial charge is 0.331 e. The summed E-state index contributed by atoms with van der Waals surface area (Å²) in [5.41, 5.74) is 2.40. The van der Waals surface area contributed by atoms with Crippen molar-refractivity contribution < 1.29 is 4.79 Å². The fourth-order valence-electron chi connectivity index (χ4n) is 3.95. The zero-order valence-electron chi connectivity index (χ0n) is 15.6. The van der Waals surface area contributed by atoms with Crippen molar-refractivity contribution in [2.45, 2.75) is 44.7 Å². The highest BCUT2D eigenvalue weighted by Crippen LogP contribution is 2.28. The van der Waals surface area contributed by atoms with Gasteiger partial charge in [0.25, 0.3) is 5.91 Å². The molecule has 0 atom stereocenters. The van der Waals surface area contributed by atoms with Crippen molar-refractivity contribution in [3.05, 3.63) is 75.9 Å². The highest BCUT2D eigenvalue weighted by Gasteiger charge is 2.27. The molecule has 1 fully saturated rings. The van der Waals surface area contributed by atoms with E-state index in [9.17, 15) is 4.79 Å². The molecule has 4 rings (SSSR count). The molecule has 0 spiro atoms. The van der Waals surface area contributed by atoms with Gasteiger partial charge >= 0.3 is 0 Å². The van der Waals surface area contributed by atoms with Crippen LogP contribution in [0.5, 0.6) is 0 Å². The molecule has 0 unspecified atom stereocenters. The fourth-order valence-corrected chi connectivity index (χ4v) is 4.28. The Morgan fingerprint density at radius 3 is 2.46 bits per heavy atom. The van der Waals surface area contributed by atoms with Gasteiger partial charge < -0.3 is 4.90 Å². The van der Waals surface area contributed by atoms with E-state index in [0.29, 0.717) is 22.3 Å². The average molecular weight is 413 g/mol. The second-order valence-electron chi connectivity index (χ2n) is 7.36. The van der Waals surface area contributed by atoms with Crippen LogP contribution in [-0.2, 0) is 6.54 Å². The Labute approximate surface area is 175 Å². The molecule has 144 valence electrons. The number of aromatic nitrogens is 1. The van der Waals surface area contributed by atoms with E-state index in [2.05, 4.69) is 11.1 Å². The number of hydrogen-bond acceptors (Lipinski definition) is 2. The average Bonchev–Trinajstić information content (AvgIpc) is 2.73. The molecule has 0 aliphatic heterocycles. The van der Waals surface area contributed by atoms with Gasteiger partial charge in [0, 0.05) is 34.1 Å². The van der Waals surface area contributed by atoms with Crippen LogP contribution in [0.4, 0.5) is 0 Å². The number of carbonyl (C=O) groups is 1. The molecule has 1 heterocycles. The van der Waals surface area contributed by atoms with Crippen LogP contribution in [0.1, 0.15) is 48.0 Å². The van der Waals surface area contributed by atoms with Crippen LogP contribution in [0.2, 0.25) is 10.2 Å². The molecular formula is C23H22Cl2N2O. The van der Waals surface area contributed by atoms with Crippen LogP contribution in [0.3, 0.4) is 0 Å². The third-order valence-electron chi connectivity index (χ3n) is 5.46. The number of carbonyl (C=O) groups excluding carboxylic acids is 1. The minimum atomic E-state index is 0.0211. The monoisotopic (exact) mass is 412 g/mol. The summed E-state index contributed by atoms with van der Waals surface area (Å²) in [5.74, 6) is 0.0211. The topological polar surface area (TPSA) is 33.2 Å². The van der Waals surface area contributed by atoms with Gasteiger partial charge in [0.1, 0.15) is 5.15 Å². The maximum atomic E-state index is 13.4. The number of hydrogen-bond donors (Lipinski definition) is 0. The van der Waals surface area contributed by atoms with E-state index in [0.717, 1.165) is 42.1 Å². The van der Waals surface area contributed by atoms with Crippen molar-refractivity contribution in [1.29, 1.82) is 0 Å². The van der Waals surface area contributed by atoms with Gasteiger partial charge in [0.15, 0.2) is 0 Å². The van der Waals surface area contributed by atoms with Crippen molar-refractivity contribution in [3.63, 3.8) is 0 Å². The number of pyridine rings is 1. The number of halogens is 2. The van der Waals surface area contributed by atoms with Crippen LogP contribution in [0.15, 0.2) is 54.6 Å². The van der Waals surface area contributed by atoms with Gasteiger partial charge in [-0.3, -0.25) is 4.79 Å². The number of amides is 1. The fraction of sp³-hybridized carbons (Fsp3) is 0.304. The number of rotatable bonds is 4. The van der Waals surface area contributed by atoms with Gasteiger partial charge in [0.2, 0.25) is 0 Å². The number of para-hydroxylation sites is 1. The molecule has 5 heteroatoms. The van der Waals surface area contributed by atoms with Crippen LogP contribution in [0, 0.1) is 0 Å². The molecule has 0 radical (unpaired) electrons. The van der Waals surface area contributed by atoms with Crippen molar-refractivity contribution >= 4 is 40.0 Å². The van der Waals surface area contributed by atoms with Crippen LogP contribution < -0.4 is 0 Å². The van der Waals surface area contributed by atoms with Gasteiger partial charge in [-0.15, -0.1) is 0 Å². The second-order valence-corrected chi connectivity index (χ2v) is 8.16. The Bertz CT molecular complexity index is 982. The lowest BCUT2D eigenvalue weighted by atomic mass is 9.93. The molecule has 1 aliphatic carbocycles. The Kier molecular flexibility index (Phi) is 5.84. The van der Waals surface area contributed by atoms with E-state index < -0.39 is 0 Å². The van der Waals surface area contributed by atoms with Gasteiger partial charge in [-0.25, -0.2) is 4.98 Å². The lowest BCUT2D eigenvalue weighted by Gasteiger charge is -2.35. The van der Waals surface area contributed by atoms with Crippen molar-refractivity contribution in [1.82, 2.24) is 9.88 Å². The molecular weight excluding hydrogens is 391 g/mol. The van der Waals surface area contributed by atoms with Crippen LogP contribution in [0.25, 0.3) is 10.9 Å². The summed E-state index contributed by atoms with van der Waals surface area (Å²) in [7, 11) is 0. The smallest absolute Gasteiger partial charge is 0.254 e. The summed E-state index contributed by atoms with van der Waals surface area (Å²) < 4.78 is 0. The molecule has 1 aromatic heterocycles. The first kappa shape index (κ1) is 19.2. The van der Waals surface area contributed by atoms with E-state index in [1.165, 1.54) is 6.42 Å². The van der Waals surface area contributed by atoms with Gasteiger partial charge in [-0.05, 0) is 49.2 Å². The summed E-state index contributed by atoms with van der Waals surface area (Å²) in [6, 6.07) is 17.3. The second kappa shape index (κ2) is 8.50. The lowest BCUT2D eigenvalue weighted by molar-refractivity contribution is 0.0614. The SMILES string of the molecule is O=C(c1ccc(Cl)cc1)N(Cc1cc2ccccc2nc1Cl)C1CCCCC1. The molecule has 3 aromatic rings. The predicted octanol–water partition coefficient (Wildman–Crippen LogP) is 6.52. The third-order valence-corrected chi connectivity index (χ3v) is 6.04. The molecule has 2 aromatic carbocycles. The summed E-state index contributed by atoms with van der Waals surface area (Å²) in [6.45, 7) is 0.461. The molecule has 28 heavy (non-hydrogen) atoms. The number of benzene rings is 2. The zero-order valence-corrected chi connectivity index (χ0v) is 17.1. The quantitative estimate of drug-likeness (QED) is 0.457. The molecule has 3 nitrogen and oxygen atoms in total. The normalized spacial score (nSPS) is 14.9. The third kappa shape index (κ3) is 4.16. The first-order chi connectivity index (χ1) is 13.6. The zero-order chi connectivity index (χ0) is 19.5.